The molecule has 0 atom stereocenters. The van der Waals surface area contributed by atoms with Gasteiger partial charge in [-0.25, -0.2) is 0 Å². The summed E-state index contributed by atoms with van der Waals surface area (Å²) in [5.74, 6) is 0. The summed E-state index contributed by atoms with van der Waals surface area (Å²) in [6, 6.07) is 29.2. The summed E-state index contributed by atoms with van der Waals surface area (Å²) in [6.45, 7) is 8.32. The molecule has 0 aliphatic heterocycles. The topological polar surface area (TPSA) is 48.1 Å². The zero-order valence-electron chi connectivity index (χ0n) is 21.6. The summed E-state index contributed by atoms with van der Waals surface area (Å²) in [7, 11) is 0. The van der Waals surface area contributed by atoms with Gasteiger partial charge in [-0.05, 0) is 117 Å². The summed E-state index contributed by atoms with van der Waals surface area (Å²) in [6.07, 6.45) is 0.844. The van der Waals surface area contributed by atoms with Gasteiger partial charge in [0, 0.05) is 22.7 Å². The van der Waals surface area contributed by atoms with Crippen LogP contribution in [0, 0.1) is 27.7 Å². The van der Waals surface area contributed by atoms with Gasteiger partial charge in [0.15, 0.2) is 10.2 Å². The van der Waals surface area contributed by atoms with Crippen LogP contribution in [0.25, 0.3) is 0 Å². The summed E-state index contributed by atoms with van der Waals surface area (Å²) in [5.41, 5.74) is 11.2. The molecule has 0 aliphatic carbocycles. The Morgan fingerprint density at radius 3 is 1.24 bits per heavy atom. The lowest BCUT2D eigenvalue weighted by Crippen LogP contribution is -2.19. The SMILES string of the molecule is Cc1ccc(NC(=S)Nc2ccc(Cc3ccc(NC(=S)Nc4ccc(C)cc4C)cc3)cc2)c(C)c1. The lowest BCUT2D eigenvalue weighted by molar-refractivity contribution is 1.19. The highest BCUT2D eigenvalue weighted by Gasteiger charge is 2.05. The highest BCUT2D eigenvalue weighted by Crippen LogP contribution is 2.20. The van der Waals surface area contributed by atoms with Crippen molar-refractivity contribution in [1.82, 2.24) is 0 Å². The van der Waals surface area contributed by atoms with Crippen LogP contribution in [0.1, 0.15) is 33.4 Å². The first-order valence-electron chi connectivity index (χ1n) is 12.2. The molecule has 0 fully saturated rings. The van der Waals surface area contributed by atoms with E-state index in [1.807, 2.05) is 0 Å². The van der Waals surface area contributed by atoms with Crippen molar-refractivity contribution < 1.29 is 0 Å². The fraction of sp³-hybridized carbons (Fsp3) is 0.161. The molecule has 0 aliphatic rings. The second-order valence-electron chi connectivity index (χ2n) is 9.37. The van der Waals surface area contributed by atoms with Crippen molar-refractivity contribution in [2.24, 2.45) is 0 Å². The van der Waals surface area contributed by atoms with Gasteiger partial charge in [0.25, 0.3) is 0 Å². The summed E-state index contributed by atoms with van der Waals surface area (Å²) >= 11 is 11.0. The Hall–Kier alpha value is -3.74. The van der Waals surface area contributed by atoms with Crippen molar-refractivity contribution in [3.05, 3.63) is 118 Å². The molecule has 0 saturated heterocycles. The molecule has 188 valence electrons. The third-order valence-corrected chi connectivity index (χ3v) is 6.50. The first-order chi connectivity index (χ1) is 17.7. The zero-order valence-corrected chi connectivity index (χ0v) is 23.2. The van der Waals surface area contributed by atoms with E-state index in [-0.39, 0.29) is 0 Å². The van der Waals surface area contributed by atoms with Gasteiger partial charge in [0.2, 0.25) is 0 Å². The van der Waals surface area contributed by atoms with Crippen molar-refractivity contribution in [2.45, 2.75) is 34.1 Å². The molecule has 0 saturated carbocycles. The van der Waals surface area contributed by atoms with E-state index in [4.69, 9.17) is 24.4 Å². The van der Waals surface area contributed by atoms with Crippen LogP contribution < -0.4 is 21.3 Å². The fourth-order valence-corrected chi connectivity index (χ4v) is 4.58. The largest absolute Gasteiger partial charge is 0.332 e. The molecule has 0 spiro atoms. The Kier molecular flexibility index (Phi) is 8.54. The molecule has 0 aromatic heterocycles. The fourth-order valence-electron chi connectivity index (χ4n) is 4.12. The smallest absolute Gasteiger partial charge is 0.175 e. The van der Waals surface area contributed by atoms with E-state index in [2.05, 4.69) is 134 Å². The first kappa shape index (κ1) is 26.3. The van der Waals surface area contributed by atoms with Gasteiger partial charge in [0.1, 0.15) is 0 Å². The van der Waals surface area contributed by atoms with Crippen molar-refractivity contribution >= 4 is 57.4 Å². The van der Waals surface area contributed by atoms with E-state index in [0.29, 0.717) is 10.2 Å². The minimum absolute atomic E-state index is 0.577. The number of hydrogen-bond donors (Lipinski definition) is 4. The van der Waals surface area contributed by atoms with Crippen LogP contribution in [-0.2, 0) is 6.42 Å². The zero-order chi connectivity index (χ0) is 26.4. The number of nitrogens with one attached hydrogen (secondary N) is 4. The van der Waals surface area contributed by atoms with Crippen LogP contribution in [0.5, 0.6) is 0 Å². The number of hydrogen-bond acceptors (Lipinski definition) is 2. The Bertz CT molecular complexity index is 1300. The van der Waals surface area contributed by atoms with Crippen LogP contribution in [0.4, 0.5) is 22.7 Å². The molecule has 0 radical (unpaired) electrons. The molecule has 4 aromatic rings. The number of aryl methyl sites for hydroxylation is 4. The van der Waals surface area contributed by atoms with Gasteiger partial charge in [-0.1, -0.05) is 59.7 Å². The molecule has 4 nitrogen and oxygen atoms in total. The lowest BCUT2D eigenvalue weighted by atomic mass is 10.0. The Morgan fingerprint density at radius 2 is 0.892 bits per heavy atom. The number of anilines is 4. The quantitative estimate of drug-likeness (QED) is 0.191. The maximum absolute atomic E-state index is 5.50. The van der Waals surface area contributed by atoms with Gasteiger partial charge < -0.3 is 21.3 Å². The average molecular weight is 525 g/mol. The van der Waals surface area contributed by atoms with E-state index < -0.39 is 0 Å². The van der Waals surface area contributed by atoms with E-state index >= 15 is 0 Å². The Balaban J connectivity index is 1.28. The van der Waals surface area contributed by atoms with Crippen LogP contribution in [0.15, 0.2) is 84.9 Å². The van der Waals surface area contributed by atoms with E-state index in [9.17, 15) is 0 Å². The van der Waals surface area contributed by atoms with Crippen LogP contribution >= 0.6 is 24.4 Å². The second-order valence-corrected chi connectivity index (χ2v) is 10.2. The molecule has 0 bridgehead atoms. The van der Waals surface area contributed by atoms with Crippen molar-refractivity contribution in [3.8, 4) is 0 Å². The predicted molar refractivity (Wildman–Crippen MR) is 167 cm³/mol. The summed E-state index contributed by atoms with van der Waals surface area (Å²) in [4.78, 5) is 0. The van der Waals surface area contributed by atoms with E-state index in [0.717, 1.165) is 29.2 Å². The average Bonchev–Trinajstić information content (AvgIpc) is 2.85. The third kappa shape index (κ3) is 7.62. The first-order valence-corrected chi connectivity index (χ1v) is 13.1. The highest BCUT2D eigenvalue weighted by molar-refractivity contribution is 7.81. The molecule has 4 aromatic carbocycles. The maximum atomic E-state index is 5.50. The van der Waals surface area contributed by atoms with Gasteiger partial charge in [-0.3, -0.25) is 0 Å². The molecule has 37 heavy (non-hydrogen) atoms. The molecular weight excluding hydrogens is 493 g/mol. The van der Waals surface area contributed by atoms with Crippen LogP contribution in [0.2, 0.25) is 0 Å². The standard InChI is InChI=1S/C31H32N4S2/c1-20-5-15-28(22(3)17-20)34-30(36)32-26-11-7-24(8-12-26)19-25-9-13-27(14-10-25)33-31(37)35-29-16-6-21(2)18-23(29)4/h5-18H,19H2,1-4H3,(H2,32,34,36)(H2,33,35,37). The normalized spacial score (nSPS) is 10.5. The van der Waals surface area contributed by atoms with Crippen molar-refractivity contribution in [2.75, 3.05) is 21.3 Å². The summed E-state index contributed by atoms with van der Waals surface area (Å²) in [5, 5.41) is 14.2. The molecule has 4 rings (SSSR count). The van der Waals surface area contributed by atoms with E-state index in [1.165, 1.54) is 33.4 Å². The predicted octanol–water partition coefficient (Wildman–Crippen LogP) is 8.13. The lowest BCUT2D eigenvalue weighted by Gasteiger charge is -2.14. The number of rotatable bonds is 6. The van der Waals surface area contributed by atoms with Gasteiger partial charge >= 0.3 is 0 Å². The van der Waals surface area contributed by atoms with Crippen molar-refractivity contribution in [3.63, 3.8) is 0 Å². The van der Waals surface area contributed by atoms with Crippen LogP contribution in [-0.4, -0.2) is 10.2 Å². The van der Waals surface area contributed by atoms with Crippen molar-refractivity contribution in [1.29, 1.82) is 0 Å². The highest BCUT2D eigenvalue weighted by atomic mass is 32.1. The Labute approximate surface area is 230 Å². The third-order valence-electron chi connectivity index (χ3n) is 6.09. The molecule has 6 heteroatoms. The molecule has 4 N–H and O–H groups in total. The second kappa shape index (κ2) is 12.0. The number of benzene rings is 4. The molecule has 0 heterocycles. The Morgan fingerprint density at radius 1 is 0.514 bits per heavy atom. The minimum Gasteiger partial charge on any atom is -0.332 e. The van der Waals surface area contributed by atoms with Gasteiger partial charge in [-0.2, -0.15) is 0 Å². The van der Waals surface area contributed by atoms with E-state index in [1.54, 1.807) is 0 Å². The monoisotopic (exact) mass is 524 g/mol. The number of thiocarbonyl (C=S) groups is 2. The summed E-state index contributed by atoms with van der Waals surface area (Å²) < 4.78 is 0. The molecular formula is C31H32N4S2. The maximum Gasteiger partial charge on any atom is 0.175 e. The van der Waals surface area contributed by atoms with Gasteiger partial charge in [-0.15, -0.1) is 0 Å². The van der Waals surface area contributed by atoms with Crippen LogP contribution in [0.3, 0.4) is 0 Å². The van der Waals surface area contributed by atoms with Gasteiger partial charge in [0.05, 0.1) is 0 Å². The minimum atomic E-state index is 0.577. The molecule has 0 unspecified atom stereocenters. The molecule has 0 amide bonds.